The molecule has 0 aliphatic rings. The van der Waals surface area contributed by atoms with Gasteiger partial charge in [0.25, 0.3) is 0 Å². The molecule has 6 nitrogen and oxygen atoms in total. The molecular weight excluding hydrogens is 254 g/mol. The van der Waals surface area contributed by atoms with Crippen molar-refractivity contribution in [3.05, 3.63) is 43.2 Å². The predicted molar refractivity (Wildman–Crippen MR) is 73.8 cm³/mol. The largest absolute Gasteiger partial charge is 0.443 e. The number of oxazole rings is 1. The first-order valence-electron chi connectivity index (χ1n) is 6.19. The molecule has 0 fully saturated rings. The van der Waals surface area contributed by atoms with Crippen LogP contribution < -0.4 is 0 Å². The Balaban J connectivity index is 2.01. The van der Waals surface area contributed by atoms with E-state index in [0.717, 1.165) is 27.9 Å². The molecule has 4 aromatic heterocycles. The third-order valence-electron chi connectivity index (χ3n) is 3.21. The predicted octanol–water partition coefficient (Wildman–Crippen LogP) is 2.62. The van der Waals surface area contributed by atoms with Gasteiger partial charge in [0.05, 0.1) is 6.20 Å². The summed E-state index contributed by atoms with van der Waals surface area (Å²) in [6.07, 6.45) is 8.78. The zero-order valence-corrected chi connectivity index (χ0v) is 10.7. The molecule has 4 aromatic rings. The number of H-pyrrole nitrogens is 1. The number of aromatic nitrogens is 5. The maximum atomic E-state index is 5.38. The summed E-state index contributed by atoms with van der Waals surface area (Å²) >= 11 is 0. The molecule has 0 radical (unpaired) electrons. The van der Waals surface area contributed by atoms with E-state index >= 15 is 0 Å². The average Bonchev–Trinajstić information content (AvgIpc) is 3.17. The minimum absolute atomic E-state index is 0.515. The van der Waals surface area contributed by atoms with Crippen LogP contribution in [0.1, 0.15) is 0 Å². The topological polar surface area (TPSA) is 72.5 Å². The molecule has 0 bridgehead atoms. The fraction of sp³-hybridized carbons (Fsp3) is 0.0714. The average molecular weight is 265 g/mol. The quantitative estimate of drug-likeness (QED) is 0.604. The Morgan fingerprint density at radius 2 is 2.10 bits per heavy atom. The van der Waals surface area contributed by atoms with Gasteiger partial charge in [-0.2, -0.15) is 5.10 Å². The van der Waals surface area contributed by atoms with Crippen molar-refractivity contribution in [2.24, 2.45) is 7.05 Å². The van der Waals surface area contributed by atoms with Gasteiger partial charge in [0, 0.05) is 36.6 Å². The maximum Gasteiger partial charge on any atom is 0.247 e. The summed E-state index contributed by atoms with van der Waals surface area (Å²) in [7, 11) is 1.88. The van der Waals surface area contributed by atoms with E-state index < -0.39 is 0 Å². The lowest BCUT2D eigenvalue weighted by Crippen LogP contribution is -1.87. The van der Waals surface area contributed by atoms with Crippen molar-refractivity contribution in [2.45, 2.75) is 0 Å². The summed E-state index contributed by atoms with van der Waals surface area (Å²) in [6.45, 7) is 0. The lowest BCUT2D eigenvalue weighted by molar-refractivity contribution is 0.570. The molecule has 0 atom stereocenters. The molecule has 0 aromatic carbocycles. The zero-order valence-electron chi connectivity index (χ0n) is 10.7. The van der Waals surface area contributed by atoms with Crippen molar-refractivity contribution in [1.29, 1.82) is 0 Å². The number of rotatable bonds is 2. The lowest BCUT2D eigenvalue weighted by Gasteiger charge is -2.01. The van der Waals surface area contributed by atoms with Crippen LogP contribution >= 0.6 is 0 Å². The molecule has 0 spiro atoms. The number of hydrogen-bond donors (Lipinski definition) is 1. The van der Waals surface area contributed by atoms with Crippen LogP contribution in [0.2, 0.25) is 0 Å². The highest BCUT2D eigenvalue weighted by atomic mass is 16.3. The number of hydrogen-bond acceptors (Lipinski definition) is 4. The molecule has 4 heterocycles. The monoisotopic (exact) mass is 265 g/mol. The SMILES string of the molecule is Cn1cc(-c2ccnc3[nH]ccc23)c(-c2ncco2)n1. The van der Waals surface area contributed by atoms with E-state index in [-0.39, 0.29) is 0 Å². The summed E-state index contributed by atoms with van der Waals surface area (Å²) in [4.78, 5) is 11.6. The van der Waals surface area contributed by atoms with Gasteiger partial charge >= 0.3 is 0 Å². The van der Waals surface area contributed by atoms with Crippen molar-refractivity contribution in [1.82, 2.24) is 24.7 Å². The molecule has 0 unspecified atom stereocenters. The normalized spacial score (nSPS) is 11.2. The van der Waals surface area contributed by atoms with E-state index in [0.29, 0.717) is 5.89 Å². The minimum atomic E-state index is 0.515. The second-order valence-corrected chi connectivity index (χ2v) is 4.50. The first-order valence-corrected chi connectivity index (χ1v) is 6.19. The standard InChI is InChI=1S/C14H11N5O/c1-19-8-11(12(18-19)14-17-6-7-20-14)9-2-4-15-13-10(9)3-5-16-13/h2-8H,1H3,(H,15,16). The Morgan fingerprint density at radius 1 is 1.15 bits per heavy atom. The lowest BCUT2D eigenvalue weighted by atomic mass is 10.0. The Kier molecular flexibility index (Phi) is 2.23. The van der Waals surface area contributed by atoms with Gasteiger partial charge in [-0.15, -0.1) is 0 Å². The molecule has 0 saturated carbocycles. The molecule has 6 heteroatoms. The van der Waals surface area contributed by atoms with Crippen molar-refractivity contribution in [2.75, 3.05) is 0 Å². The summed E-state index contributed by atoms with van der Waals surface area (Å²) in [5.41, 5.74) is 3.61. The molecular formula is C14H11N5O. The second-order valence-electron chi connectivity index (χ2n) is 4.50. The minimum Gasteiger partial charge on any atom is -0.443 e. The second kappa shape index (κ2) is 4.06. The van der Waals surface area contributed by atoms with E-state index in [2.05, 4.69) is 20.1 Å². The number of nitrogens with zero attached hydrogens (tertiary/aromatic N) is 4. The first kappa shape index (κ1) is 11.0. The maximum absolute atomic E-state index is 5.38. The fourth-order valence-electron chi connectivity index (χ4n) is 2.38. The molecule has 1 N–H and O–H groups in total. The molecule has 0 aliphatic carbocycles. The van der Waals surface area contributed by atoms with E-state index in [9.17, 15) is 0 Å². The van der Waals surface area contributed by atoms with Gasteiger partial charge in [-0.05, 0) is 17.7 Å². The van der Waals surface area contributed by atoms with E-state index in [4.69, 9.17) is 4.42 Å². The van der Waals surface area contributed by atoms with Gasteiger partial charge in [0.1, 0.15) is 11.9 Å². The highest BCUT2D eigenvalue weighted by Gasteiger charge is 2.17. The molecule has 98 valence electrons. The smallest absolute Gasteiger partial charge is 0.247 e. The van der Waals surface area contributed by atoms with Crippen molar-refractivity contribution in [3.8, 4) is 22.7 Å². The molecule has 0 amide bonds. The first-order chi connectivity index (χ1) is 9.83. The van der Waals surface area contributed by atoms with E-state index in [1.54, 1.807) is 23.3 Å². The number of nitrogens with one attached hydrogen (secondary N) is 1. The highest BCUT2D eigenvalue weighted by Crippen LogP contribution is 2.33. The van der Waals surface area contributed by atoms with Gasteiger partial charge in [-0.3, -0.25) is 4.68 Å². The Morgan fingerprint density at radius 3 is 2.95 bits per heavy atom. The van der Waals surface area contributed by atoms with Crippen LogP contribution in [0.25, 0.3) is 33.7 Å². The summed E-state index contributed by atoms with van der Waals surface area (Å²) in [5, 5.41) is 5.50. The van der Waals surface area contributed by atoms with Crippen LogP contribution in [0.15, 0.2) is 47.6 Å². The summed E-state index contributed by atoms with van der Waals surface area (Å²) in [6, 6.07) is 3.98. The van der Waals surface area contributed by atoms with Gasteiger partial charge in [0.2, 0.25) is 5.89 Å². The van der Waals surface area contributed by atoms with Crippen molar-refractivity contribution < 1.29 is 4.42 Å². The summed E-state index contributed by atoms with van der Waals surface area (Å²) in [5.74, 6) is 0.515. The zero-order chi connectivity index (χ0) is 13.5. The van der Waals surface area contributed by atoms with Crippen molar-refractivity contribution >= 4 is 11.0 Å². The van der Waals surface area contributed by atoms with Gasteiger partial charge in [-0.25, -0.2) is 9.97 Å². The number of aromatic amines is 1. The van der Waals surface area contributed by atoms with E-state index in [1.165, 1.54) is 0 Å². The molecule has 0 aliphatic heterocycles. The number of aryl methyl sites for hydroxylation is 1. The molecule has 20 heavy (non-hydrogen) atoms. The fourth-order valence-corrected chi connectivity index (χ4v) is 2.38. The molecule has 4 rings (SSSR count). The van der Waals surface area contributed by atoms with Gasteiger partial charge < -0.3 is 9.40 Å². The highest BCUT2D eigenvalue weighted by molar-refractivity contribution is 5.96. The Labute approximate surface area is 114 Å². The number of fused-ring (bicyclic) bond motifs is 1. The van der Waals surface area contributed by atoms with Crippen LogP contribution in [0.4, 0.5) is 0 Å². The third kappa shape index (κ3) is 1.55. The third-order valence-corrected chi connectivity index (χ3v) is 3.21. The Hall–Kier alpha value is -2.89. The van der Waals surface area contributed by atoms with Gasteiger partial charge in [-0.1, -0.05) is 0 Å². The van der Waals surface area contributed by atoms with E-state index in [1.807, 2.05) is 31.6 Å². The van der Waals surface area contributed by atoms with Crippen LogP contribution in [0.3, 0.4) is 0 Å². The Bertz CT molecular complexity index is 872. The summed E-state index contributed by atoms with van der Waals surface area (Å²) < 4.78 is 7.14. The molecule has 0 saturated heterocycles. The number of pyridine rings is 1. The van der Waals surface area contributed by atoms with Crippen LogP contribution in [-0.4, -0.2) is 24.7 Å². The van der Waals surface area contributed by atoms with Gasteiger partial charge in [0.15, 0.2) is 5.69 Å². The van der Waals surface area contributed by atoms with Crippen molar-refractivity contribution in [3.63, 3.8) is 0 Å². The van der Waals surface area contributed by atoms with Crippen LogP contribution in [-0.2, 0) is 7.05 Å². The van der Waals surface area contributed by atoms with Crippen LogP contribution in [0.5, 0.6) is 0 Å². The van der Waals surface area contributed by atoms with Crippen LogP contribution in [0, 0.1) is 0 Å².